The molecule has 3 rings (SSSR count). The van der Waals surface area contributed by atoms with Gasteiger partial charge in [0.05, 0.1) is 17.3 Å². The van der Waals surface area contributed by atoms with E-state index >= 15 is 0 Å². The topological polar surface area (TPSA) is 70.0 Å². The summed E-state index contributed by atoms with van der Waals surface area (Å²) in [6.07, 6.45) is 1.28. The normalized spacial score (nSPS) is 14.0. The van der Waals surface area contributed by atoms with Crippen LogP contribution in [-0.2, 0) is 0 Å². The Morgan fingerprint density at radius 3 is 2.29 bits per heavy atom. The smallest absolute Gasteiger partial charge is 0.282 e. The molecule has 104 valence electrons. The third kappa shape index (κ3) is 2.34. The predicted octanol–water partition coefficient (Wildman–Crippen LogP) is 2.78. The quantitative estimate of drug-likeness (QED) is 0.672. The first-order chi connectivity index (χ1) is 10.1. The maximum absolute atomic E-state index is 12.1. The number of hydrogen-bond acceptors (Lipinski definition) is 4. The van der Waals surface area contributed by atoms with Gasteiger partial charge in [0.25, 0.3) is 11.8 Å². The van der Waals surface area contributed by atoms with Gasteiger partial charge in [0.15, 0.2) is 0 Å². The minimum atomic E-state index is -0.471. The Morgan fingerprint density at radius 2 is 1.67 bits per heavy atom. The number of hydrazone groups is 1. The summed E-state index contributed by atoms with van der Waals surface area (Å²) in [5.74, 6) is -0.929. The van der Waals surface area contributed by atoms with Crippen molar-refractivity contribution in [1.29, 1.82) is 0 Å². The molecule has 0 spiro atoms. The van der Waals surface area contributed by atoms with Gasteiger partial charge < -0.3 is 5.11 Å². The average Bonchev–Trinajstić information content (AvgIpc) is 2.73. The van der Waals surface area contributed by atoms with Crippen molar-refractivity contribution in [3.8, 4) is 5.75 Å². The minimum absolute atomic E-state index is 0.0126. The molecule has 0 bridgehead atoms. The zero-order valence-electron chi connectivity index (χ0n) is 10.7. The molecule has 0 radical (unpaired) electrons. The summed E-state index contributed by atoms with van der Waals surface area (Å²) in [7, 11) is 0. The van der Waals surface area contributed by atoms with Gasteiger partial charge in [-0.2, -0.15) is 10.1 Å². The highest BCUT2D eigenvalue weighted by Gasteiger charge is 2.35. The molecule has 2 aromatic carbocycles. The van der Waals surface area contributed by atoms with Gasteiger partial charge in [-0.3, -0.25) is 9.59 Å². The van der Waals surface area contributed by atoms with Gasteiger partial charge in [0.2, 0.25) is 0 Å². The van der Waals surface area contributed by atoms with E-state index < -0.39 is 11.8 Å². The van der Waals surface area contributed by atoms with Gasteiger partial charge >= 0.3 is 0 Å². The fraction of sp³-hybridized carbons (Fsp3) is 0. The van der Waals surface area contributed by atoms with Crippen LogP contribution in [0.2, 0.25) is 0 Å². The largest absolute Gasteiger partial charge is 0.507 e. The molecular formula is C15H9BrN2O3. The number of imide groups is 1. The third-order valence-electron chi connectivity index (χ3n) is 3.07. The van der Waals surface area contributed by atoms with E-state index in [1.165, 1.54) is 12.3 Å². The lowest BCUT2D eigenvalue weighted by Gasteiger charge is -2.06. The number of aromatic hydroxyl groups is 1. The number of halogens is 1. The molecule has 0 unspecified atom stereocenters. The number of hydrogen-bond donors (Lipinski definition) is 1. The lowest BCUT2D eigenvalue weighted by Crippen LogP contribution is -2.24. The monoisotopic (exact) mass is 344 g/mol. The number of amides is 2. The Bertz CT molecular complexity index is 751. The van der Waals surface area contributed by atoms with E-state index in [2.05, 4.69) is 21.0 Å². The highest BCUT2D eigenvalue weighted by atomic mass is 79.9. The first-order valence-electron chi connectivity index (χ1n) is 6.08. The summed E-state index contributed by atoms with van der Waals surface area (Å²) in [6.45, 7) is 0. The maximum atomic E-state index is 12.1. The molecule has 0 fully saturated rings. The molecule has 0 saturated carbocycles. The van der Waals surface area contributed by atoms with E-state index in [1.54, 1.807) is 36.4 Å². The molecule has 1 aliphatic heterocycles. The molecule has 1 aliphatic rings. The molecule has 0 aliphatic carbocycles. The van der Waals surface area contributed by atoms with Crippen LogP contribution in [0.3, 0.4) is 0 Å². The van der Waals surface area contributed by atoms with E-state index in [1.807, 2.05) is 0 Å². The van der Waals surface area contributed by atoms with Crippen LogP contribution in [0.15, 0.2) is 52.0 Å². The van der Waals surface area contributed by atoms with Crippen LogP contribution >= 0.6 is 15.9 Å². The van der Waals surface area contributed by atoms with Gasteiger partial charge in [-0.25, -0.2) is 0 Å². The molecule has 6 heteroatoms. The summed E-state index contributed by atoms with van der Waals surface area (Å²) in [5, 5.41) is 14.4. The average molecular weight is 345 g/mol. The summed E-state index contributed by atoms with van der Waals surface area (Å²) in [5.41, 5.74) is 1.07. The number of carbonyl (C=O) groups excluding carboxylic acids is 2. The summed E-state index contributed by atoms with van der Waals surface area (Å²) in [6, 6.07) is 11.4. The highest BCUT2D eigenvalue weighted by Crippen LogP contribution is 2.24. The fourth-order valence-electron chi connectivity index (χ4n) is 2.03. The van der Waals surface area contributed by atoms with Crippen LogP contribution in [0.4, 0.5) is 0 Å². The summed E-state index contributed by atoms with van der Waals surface area (Å²) < 4.78 is 0.754. The van der Waals surface area contributed by atoms with Crippen LogP contribution in [0.5, 0.6) is 5.75 Å². The Hall–Kier alpha value is -2.47. The number of phenols is 1. The second-order valence-electron chi connectivity index (χ2n) is 4.42. The predicted molar refractivity (Wildman–Crippen MR) is 80.3 cm³/mol. The first kappa shape index (κ1) is 13.5. The Balaban J connectivity index is 1.93. The maximum Gasteiger partial charge on any atom is 0.282 e. The van der Waals surface area contributed by atoms with Gasteiger partial charge in [-0.05, 0) is 30.3 Å². The van der Waals surface area contributed by atoms with E-state index in [4.69, 9.17) is 0 Å². The molecular weight excluding hydrogens is 336 g/mol. The van der Waals surface area contributed by atoms with E-state index in [-0.39, 0.29) is 5.75 Å². The molecule has 1 N–H and O–H groups in total. The molecule has 2 amide bonds. The number of benzene rings is 2. The number of nitrogens with zero attached hydrogens (tertiary/aromatic N) is 2. The number of carbonyl (C=O) groups is 2. The van der Waals surface area contributed by atoms with E-state index in [0.29, 0.717) is 16.7 Å². The standard InChI is InChI=1S/C15H9BrN2O3/c16-10-5-6-13(19)9(7-10)8-17-18-14(20)11-3-1-2-4-12(11)15(18)21/h1-8,19H. The fourth-order valence-corrected chi connectivity index (χ4v) is 2.41. The van der Waals surface area contributed by atoms with E-state index in [0.717, 1.165) is 9.48 Å². The van der Waals surface area contributed by atoms with Gasteiger partial charge in [-0.15, -0.1) is 0 Å². The Labute approximate surface area is 128 Å². The second-order valence-corrected chi connectivity index (χ2v) is 5.33. The lowest BCUT2D eigenvalue weighted by atomic mass is 10.1. The Morgan fingerprint density at radius 1 is 1.05 bits per heavy atom. The second kappa shape index (κ2) is 5.14. The van der Waals surface area contributed by atoms with E-state index in [9.17, 15) is 14.7 Å². The molecule has 0 aromatic heterocycles. The van der Waals surface area contributed by atoms with Gasteiger partial charge in [-0.1, -0.05) is 28.1 Å². The minimum Gasteiger partial charge on any atom is -0.507 e. The van der Waals surface area contributed by atoms with Gasteiger partial charge in [0, 0.05) is 10.0 Å². The molecule has 2 aromatic rings. The van der Waals surface area contributed by atoms with Crippen LogP contribution in [0.1, 0.15) is 26.3 Å². The molecule has 0 atom stereocenters. The van der Waals surface area contributed by atoms with Crippen molar-refractivity contribution in [2.75, 3.05) is 0 Å². The van der Waals surface area contributed by atoms with Crippen molar-refractivity contribution in [2.45, 2.75) is 0 Å². The van der Waals surface area contributed by atoms with Crippen molar-refractivity contribution in [2.24, 2.45) is 5.10 Å². The molecule has 5 nitrogen and oxygen atoms in total. The summed E-state index contributed by atoms with van der Waals surface area (Å²) >= 11 is 3.28. The van der Waals surface area contributed by atoms with Crippen LogP contribution in [0, 0.1) is 0 Å². The van der Waals surface area contributed by atoms with Crippen LogP contribution in [0.25, 0.3) is 0 Å². The van der Waals surface area contributed by atoms with Crippen molar-refractivity contribution >= 4 is 34.0 Å². The molecule has 21 heavy (non-hydrogen) atoms. The van der Waals surface area contributed by atoms with Crippen LogP contribution < -0.4 is 0 Å². The zero-order valence-corrected chi connectivity index (χ0v) is 12.2. The van der Waals surface area contributed by atoms with Crippen molar-refractivity contribution in [3.63, 3.8) is 0 Å². The lowest BCUT2D eigenvalue weighted by molar-refractivity contribution is 0.0660. The highest BCUT2D eigenvalue weighted by molar-refractivity contribution is 9.10. The SMILES string of the molecule is O=C1c2ccccc2C(=O)N1N=Cc1cc(Br)ccc1O. The van der Waals surface area contributed by atoms with Crippen molar-refractivity contribution in [3.05, 3.63) is 63.6 Å². The van der Waals surface area contributed by atoms with Gasteiger partial charge in [0.1, 0.15) is 5.75 Å². The molecule has 1 heterocycles. The third-order valence-corrected chi connectivity index (χ3v) is 3.57. The molecule has 0 saturated heterocycles. The van der Waals surface area contributed by atoms with Crippen molar-refractivity contribution < 1.29 is 14.7 Å². The summed E-state index contributed by atoms with van der Waals surface area (Å²) in [4.78, 5) is 24.2. The number of rotatable bonds is 2. The first-order valence-corrected chi connectivity index (χ1v) is 6.87. The number of fused-ring (bicyclic) bond motifs is 1. The van der Waals surface area contributed by atoms with Crippen LogP contribution in [-0.4, -0.2) is 28.1 Å². The number of phenolic OH excluding ortho intramolecular Hbond substituents is 1. The van der Waals surface area contributed by atoms with Crippen molar-refractivity contribution in [1.82, 2.24) is 5.01 Å². The Kier molecular flexibility index (Phi) is 3.31. The zero-order chi connectivity index (χ0) is 15.0.